The molecule has 0 amide bonds. The van der Waals surface area contributed by atoms with Crippen molar-refractivity contribution in [2.45, 2.75) is 52.7 Å². The summed E-state index contributed by atoms with van der Waals surface area (Å²) in [6, 6.07) is 2.70. The smallest absolute Gasteiger partial charge is 0.0796 e. The molecule has 0 bridgehead atoms. The van der Waals surface area contributed by atoms with Gasteiger partial charge in [-0.15, -0.1) is 11.3 Å². The molecule has 1 aliphatic rings. The van der Waals surface area contributed by atoms with Gasteiger partial charge in [0, 0.05) is 16.4 Å². The van der Waals surface area contributed by atoms with Crippen molar-refractivity contribution < 1.29 is 4.74 Å². The van der Waals surface area contributed by atoms with Crippen LogP contribution in [0.5, 0.6) is 0 Å². The van der Waals surface area contributed by atoms with Gasteiger partial charge in [0.05, 0.1) is 12.1 Å². The molecule has 3 heteroatoms. The first-order chi connectivity index (χ1) is 8.63. The summed E-state index contributed by atoms with van der Waals surface area (Å²) in [6.45, 7) is 10.9. The molecule has 0 aliphatic carbocycles. The predicted octanol–water partition coefficient (Wildman–Crippen LogP) is 3.83. The van der Waals surface area contributed by atoms with Gasteiger partial charge in [0.25, 0.3) is 0 Å². The molecular formula is C15H25NOS. The van der Waals surface area contributed by atoms with Crippen molar-refractivity contribution in [1.82, 2.24) is 5.32 Å². The lowest BCUT2D eigenvalue weighted by atomic mass is 9.92. The third-order valence-electron chi connectivity index (χ3n) is 3.80. The van der Waals surface area contributed by atoms with Crippen LogP contribution < -0.4 is 5.32 Å². The highest BCUT2D eigenvalue weighted by Gasteiger charge is 2.33. The fourth-order valence-electron chi connectivity index (χ4n) is 2.81. The number of rotatable bonds is 5. The van der Waals surface area contributed by atoms with Crippen molar-refractivity contribution in [2.24, 2.45) is 5.92 Å². The Morgan fingerprint density at radius 1 is 1.50 bits per heavy atom. The zero-order chi connectivity index (χ0) is 13.1. The van der Waals surface area contributed by atoms with Gasteiger partial charge in [0.1, 0.15) is 0 Å². The first-order valence-electron chi connectivity index (χ1n) is 7.05. The van der Waals surface area contributed by atoms with E-state index in [1.54, 1.807) is 0 Å². The Morgan fingerprint density at radius 2 is 2.28 bits per heavy atom. The molecule has 2 nitrogen and oxygen atoms in total. The number of hydrogen-bond acceptors (Lipinski definition) is 3. The monoisotopic (exact) mass is 267 g/mol. The second-order valence-electron chi connectivity index (χ2n) is 5.40. The lowest BCUT2D eigenvalue weighted by Crippen LogP contribution is -2.35. The topological polar surface area (TPSA) is 21.3 Å². The van der Waals surface area contributed by atoms with Gasteiger partial charge >= 0.3 is 0 Å². The van der Waals surface area contributed by atoms with Gasteiger partial charge in [0.15, 0.2) is 0 Å². The minimum Gasteiger partial charge on any atom is -0.376 e. The molecule has 1 N–H and O–H groups in total. The van der Waals surface area contributed by atoms with Crippen molar-refractivity contribution in [3.05, 3.63) is 21.4 Å². The van der Waals surface area contributed by atoms with Gasteiger partial charge in [-0.3, -0.25) is 0 Å². The van der Waals surface area contributed by atoms with Crippen LogP contribution in [0.2, 0.25) is 0 Å². The highest BCUT2D eigenvalue weighted by molar-refractivity contribution is 7.12. The Morgan fingerprint density at radius 3 is 2.78 bits per heavy atom. The van der Waals surface area contributed by atoms with Crippen LogP contribution in [0.4, 0.5) is 0 Å². The minimum atomic E-state index is 0.337. The van der Waals surface area contributed by atoms with Gasteiger partial charge < -0.3 is 10.1 Å². The molecule has 0 saturated carbocycles. The zero-order valence-electron chi connectivity index (χ0n) is 12.0. The van der Waals surface area contributed by atoms with Crippen LogP contribution in [0.25, 0.3) is 0 Å². The number of nitrogens with one attached hydrogen (secondary N) is 1. The summed E-state index contributed by atoms with van der Waals surface area (Å²) >= 11 is 1.90. The highest BCUT2D eigenvalue weighted by Crippen LogP contribution is 2.35. The third-order valence-corrected chi connectivity index (χ3v) is 4.78. The van der Waals surface area contributed by atoms with Crippen LogP contribution in [0.15, 0.2) is 6.07 Å². The summed E-state index contributed by atoms with van der Waals surface area (Å²) in [5, 5.41) is 3.69. The van der Waals surface area contributed by atoms with Crippen LogP contribution in [0, 0.1) is 19.8 Å². The molecular weight excluding hydrogens is 242 g/mol. The van der Waals surface area contributed by atoms with Crippen molar-refractivity contribution >= 4 is 11.3 Å². The summed E-state index contributed by atoms with van der Waals surface area (Å²) < 4.78 is 5.99. The fourth-order valence-corrected chi connectivity index (χ4v) is 3.78. The molecule has 102 valence electrons. The second-order valence-corrected chi connectivity index (χ2v) is 6.86. The average molecular weight is 267 g/mol. The first kappa shape index (κ1) is 14.0. The summed E-state index contributed by atoms with van der Waals surface area (Å²) in [5.74, 6) is 0.652. The van der Waals surface area contributed by atoms with Crippen molar-refractivity contribution in [3.63, 3.8) is 0 Å². The number of ether oxygens (including phenoxy) is 1. The summed E-state index contributed by atoms with van der Waals surface area (Å²) in [7, 11) is 0. The minimum absolute atomic E-state index is 0.337. The summed E-state index contributed by atoms with van der Waals surface area (Å²) in [6.07, 6.45) is 2.70. The lowest BCUT2D eigenvalue weighted by molar-refractivity contribution is 0.0607. The maximum atomic E-state index is 5.99. The van der Waals surface area contributed by atoms with Gasteiger partial charge in [-0.25, -0.2) is 0 Å². The van der Waals surface area contributed by atoms with E-state index in [1.165, 1.54) is 28.2 Å². The molecule has 2 heterocycles. The number of hydrogen-bond donors (Lipinski definition) is 1. The Bertz CT molecular complexity index is 388. The highest BCUT2D eigenvalue weighted by atomic mass is 32.1. The Balaban J connectivity index is 2.21. The van der Waals surface area contributed by atoms with Crippen LogP contribution >= 0.6 is 11.3 Å². The van der Waals surface area contributed by atoms with Crippen molar-refractivity contribution in [3.8, 4) is 0 Å². The third kappa shape index (κ3) is 2.95. The molecule has 1 aromatic heterocycles. The SMILES string of the molecule is CCCNC(c1cc(C)sc1C)C1OCCC1C. The molecule has 0 radical (unpaired) electrons. The molecule has 18 heavy (non-hydrogen) atoms. The molecule has 0 aromatic carbocycles. The van der Waals surface area contributed by atoms with E-state index < -0.39 is 0 Å². The Labute approximate surface area is 115 Å². The fraction of sp³-hybridized carbons (Fsp3) is 0.733. The second kappa shape index (κ2) is 6.18. The lowest BCUT2D eigenvalue weighted by Gasteiger charge is -2.27. The molecule has 1 aromatic rings. The largest absolute Gasteiger partial charge is 0.376 e. The van der Waals surface area contributed by atoms with E-state index in [-0.39, 0.29) is 0 Å². The summed E-state index contributed by atoms with van der Waals surface area (Å²) in [4.78, 5) is 2.83. The van der Waals surface area contributed by atoms with Gasteiger partial charge in [-0.2, -0.15) is 0 Å². The predicted molar refractivity (Wildman–Crippen MR) is 78.3 cm³/mol. The van der Waals surface area contributed by atoms with E-state index >= 15 is 0 Å². The molecule has 1 aliphatic heterocycles. The number of aryl methyl sites for hydroxylation is 2. The number of thiophene rings is 1. The maximum absolute atomic E-state index is 5.99. The van der Waals surface area contributed by atoms with E-state index in [0.717, 1.165) is 13.2 Å². The van der Waals surface area contributed by atoms with E-state index in [9.17, 15) is 0 Å². The average Bonchev–Trinajstić information content (AvgIpc) is 2.87. The zero-order valence-corrected chi connectivity index (χ0v) is 12.8. The van der Waals surface area contributed by atoms with E-state index in [0.29, 0.717) is 18.1 Å². The molecule has 1 fully saturated rings. The van der Waals surface area contributed by atoms with Crippen LogP contribution in [-0.2, 0) is 4.74 Å². The molecule has 3 unspecified atom stereocenters. The van der Waals surface area contributed by atoms with Crippen LogP contribution in [0.1, 0.15) is 48.0 Å². The summed E-state index contributed by atoms with van der Waals surface area (Å²) in [5.41, 5.74) is 1.45. The van der Waals surface area contributed by atoms with E-state index in [1.807, 2.05) is 11.3 Å². The quantitative estimate of drug-likeness (QED) is 0.875. The Hall–Kier alpha value is -0.380. The standard InChI is InChI=1S/C15H25NOS/c1-5-7-16-14(15-10(2)6-8-17-15)13-9-11(3)18-12(13)4/h9-10,14-16H,5-8H2,1-4H3. The normalized spacial score (nSPS) is 25.6. The van der Waals surface area contributed by atoms with Gasteiger partial charge in [-0.05, 0) is 50.8 Å². The van der Waals surface area contributed by atoms with Gasteiger partial charge in [0.2, 0.25) is 0 Å². The molecule has 0 spiro atoms. The van der Waals surface area contributed by atoms with E-state index in [4.69, 9.17) is 4.74 Å². The van der Waals surface area contributed by atoms with Crippen molar-refractivity contribution in [1.29, 1.82) is 0 Å². The molecule has 1 saturated heterocycles. The van der Waals surface area contributed by atoms with Crippen molar-refractivity contribution in [2.75, 3.05) is 13.2 Å². The van der Waals surface area contributed by atoms with Crippen LogP contribution in [-0.4, -0.2) is 19.3 Å². The Kier molecular flexibility index (Phi) is 4.82. The molecule has 2 rings (SSSR count). The van der Waals surface area contributed by atoms with Gasteiger partial charge in [-0.1, -0.05) is 13.8 Å². The van der Waals surface area contributed by atoms with E-state index in [2.05, 4.69) is 39.1 Å². The first-order valence-corrected chi connectivity index (χ1v) is 7.87. The molecule has 3 atom stereocenters. The van der Waals surface area contributed by atoms with Crippen LogP contribution in [0.3, 0.4) is 0 Å². The maximum Gasteiger partial charge on any atom is 0.0796 e.